The van der Waals surface area contributed by atoms with Crippen molar-refractivity contribution >= 4 is 22.7 Å². The van der Waals surface area contributed by atoms with Crippen molar-refractivity contribution in [2.24, 2.45) is 5.64 Å². The van der Waals surface area contributed by atoms with Crippen molar-refractivity contribution in [3.63, 3.8) is 0 Å². The first-order valence-electron chi connectivity index (χ1n) is 8.53. The van der Waals surface area contributed by atoms with Crippen LogP contribution in [-0.4, -0.2) is 6.28 Å². The van der Waals surface area contributed by atoms with Crippen molar-refractivity contribution in [2.45, 2.75) is 0 Å². The lowest BCUT2D eigenvalue weighted by atomic mass is 9.24. The summed E-state index contributed by atoms with van der Waals surface area (Å²) in [7, 11) is 0. The van der Waals surface area contributed by atoms with Gasteiger partial charge in [-0.3, -0.25) is 0 Å². The van der Waals surface area contributed by atoms with Crippen LogP contribution in [0.1, 0.15) is 0 Å². The Morgan fingerprint density at radius 1 is 0.257 bits per heavy atom. The molecule has 0 heterocycles. The summed E-state index contributed by atoms with van der Waals surface area (Å²) in [6.07, 6.45) is -5.91. The predicted molar refractivity (Wildman–Crippen MR) is 87.5 cm³/mol. The summed E-state index contributed by atoms with van der Waals surface area (Å²) in [5.41, 5.74) is -3.28. The smallest absolute Gasteiger partial charge is 0.200 e. The van der Waals surface area contributed by atoms with Crippen LogP contribution in [0.2, 0.25) is 0 Å². The lowest BCUT2D eigenvalue weighted by Gasteiger charge is -2.40. The van der Waals surface area contributed by atoms with Crippen LogP contribution in [0.4, 0.5) is 65.9 Å². The summed E-state index contributed by atoms with van der Waals surface area (Å²) >= 11 is 0. The zero-order valence-electron chi connectivity index (χ0n) is 15.8. The van der Waals surface area contributed by atoms with Crippen molar-refractivity contribution in [3.05, 3.63) is 87.3 Å². The first-order valence-corrected chi connectivity index (χ1v) is 8.53. The fourth-order valence-electron chi connectivity index (χ4n) is 3.50. The Labute approximate surface area is 182 Å². The average molecular weight is 528 g/mol. The molecule has 0 bridgehead atoms. The van der Waals surface area contributed by atoms with Crippen LogP contribution in [-0.2, 0) is 0 Å². The van der Waals surface area contributed by atoms with E-state index in [4.69, 9.17) is 5.64 Å². The van der Waals surface area contributed by atoms with Crippen LogP contribution < -0.4 is 22.0 Å². The molecule has 188 valence electrons. The zero-order chi connectivity index (χ0) is 26.9. The molecule has 2 N–H and O–H groups in total. The summed E-state index contributed by atoms with van der Waals surface area (Å²) in [5, 5.41) is 0. The molecule has 0 radical (unpaired) electrons. The maximum absolute atomic E-state index is 14.6. The van der Waals surface area contributed by atoms with Gasteiger partial charge in [-0.1, -0.05) is 0 Å². The van der Waals surface area contributed by atoms with E-state index >= 15 is 0 Å². The molecule has 0 saturated carbocycles. The highest BCUT2D eigenvalue weighted by Gasteiger charge is 2.46. The van der Waals surface area contributed by atoms with Crippen molar-refractivity contribution in [1.29, 1.82) is 0 Å². The Balaban J connectivity index is 2.78. The van der Waals surface area contributed by atoms with Crippen LogP contribution in [0.5, 0.6) is 0 Å². The van der Waals surface area contributed by atoms with E-state index in [-0.39, 0.29) is 0 Å². The number of nitrogens with two attached hydrogens (primary N) is 1. The number of benzene rings is 3. The molecule has 1 nitrogen and oxygen atoms in total. The molecule has 0 aliphatic rings. The summed E-state index contributed by atoms with van der Waals surface area (Å²) < 4.78 is 211. The monoisotopic (exact) mass is 528 g/mol. The molecule has 0 aliphatic heterocycles. The second-order valence-electron chi connectivity index (χ2n) is 6.88. The first-order chi connectivity index (χ1) is 16.0. The molecule has 0 amide bonds. The van der Waals surface area contributed by atoms with Crippen molar-refractivity contribution < 1.29 is 65.9 Å². The molecular formula is C18H2BF15N-. The third kappa shape index (κ3) is 3.35. The Morgan fingerprint density at radius 2 is 0.371 bits per heavy atom. The van der Waals surface area contributed by atoms with Gasteiger partial charge in [0.2, 0.25) is 0 Å². The zero-order valence-corrected chi connectivity index (χ0v) is 15.8. The molecule has 0 unspecified atom stereocenters. The van der Waals surface area contributed by atoms with Gasteiger partial charge in [-0.2, -0.15) is 0 Å². The molecule has 3 aromatic carbocycles. The molecule has 0 spiro atoms. The molecule has 0 atom stereocenters. The Morgan fingerprint density at radius 3 is 0.514 bits per heavy atom. The van der Waals surface area contributed by atoms with Crippen molar-refractivity contribution in [3.8, 4) is 0 Å². The first kappa shape index (κ1) is 26.2. The minimum absolute atomic E-state index is 2.85. The van der Waals surface area contributed by atoms with E-state index in [9.17, 15) is 65.9 Å². The van der Waals surface area contributed by atoms with Crippen LogP contribution in [0.15, 0.2) is 0 Å². The topological polar surface area (TPSA) is 26.0 Å². The molecule has 3 aromatic rings. The summed E-state index contributed by atoms with van der Waals surface area (Å²) in [4.78, 5) is 0. The highest BCUT2D eigenvalue weighted by molar-refractivity contribution is 7.09. The lowest BCUT2D eigenvalue weighted by Crippen LogP contribution is -2.79. The van der Waals surface area contributed by atoms with Gasteiger partial charge in [0.25, 0.3) is 0 Å². The Kier molecular flexibility index (Phi) is 6.29. The minimum atomic E-state index is -5.91. The number of hydrogen-bond donors (Lipinski definition) is 1. The normalized spacial score (nSPS) is 12.0. The SMILES string of the molecule is N[B-](c1c(F)c(F)c(F)c(F)c1F)(c1c(F)c(F)c(F)c(F)c1F)c1c(F)c(F)c(F)c(F)c1F. The maximum Gasteiger partial charge on any atom is 0.200 e. The molecular weight excluding hydrogens is 526 g/mol. The van der Waals surface area contributed by atoms with E-state index in [2.05, 4.69) is 0 Å². The molecule has 0 saturated heterocycles. The van der Waals surface area contributed by atoms with Crippen LogP contribution >= 0.6 is 0 Å². The third-order valence-corrected chi connectivity index (χ3v) is 5.10. The molecule has 0 aromatic heterocycles. The second kappa shape index (κ2) is 8.39. The van der Waals surface area contributed by atoms with Gasteiger partial charge in [-0.05, 0) is 0 Å². The fraction of sp³-hybridized carbons (Fsp3) is 0. The van der Waals surface area contributed by atoms with E-state index in [0.717, 1.165) is 0 Å². The number of hydrogen-bond acceptors (Lipinski definition) is 1. The van der Waals surface area contributed by atoms with Crippen LogP contribution in [0.3, 0.4) is 0 Å². The summed E-state index contributed by atoms with van der Waals surface area (Å²) in [6, 6.07) is 0. The standard InChI is InChI=1S/C18H2BF15N/c20-4-1(5(21)11(27)16(32)10(4)26)19(35,2-6(22)12(28)17(33)13(29)7(2)23)3-8(24)14(30)18(34)15(31)9(3)25/h35H2/q-1. The molecule has 3 rings (SSSR count). The Hall–Kier alpha value is -3.37. The third-order valence-electron chi connectivity index (χ3n) is 5.10. The van der Waals surface area contributed by atoms with Crippen molar-refractivity contribution in [2.75, 3.05) is 0 Å². The van der Waals surface area contributed by atoms with E-state index in [1.807, 2.05) is 0 Å². The lowest BCUT2D eigenvalue weighted by molar-refractivity contribution is 0.379. The highest BCUT2D eigenvalue weighted by atomic mass is 19.2. The maximum atomic E-state index is 14.6. The molecule has 0 aliphatic carbocycles. The van der Waals surface area contributed by atoms with Crippen molar-refractivity contribution in [1.82, 2.24) is 0 Å². The van der Waals surface area contributed by atoms with Gasteiger partial charge in [0.15, 0.2) is 58.6 Å². The quantitative estimate of drug-likeness (QED) is 0.239. The fourth-order valence-corrected chi connectivity index (χ4v) is 3.50. The molecule has 17 heteroatoms. The van der Waals surface area contributed by atoms with E-state index in [0.29, 0.717) is 0 Å². The van der Waals surface area contributed by atoms with Gasteiger partial charge in [-0.15, -0.1) is 16.4 Å². The van der Waals surface area contributed by atoms with Gasteiger partial charge in [0, 0.05) is 0 Å². The Bertz CT molecular complexity index is 1170. The van der Waals surface area contributed by atoms with Crippen LogP contribution in [0.25, 0.3) is 0 Å². The molecule has 35 heavy (non-hydrogen) atoms. The molecule has 0 fully saturated rings. The predicted octanol–water partition coefficient (Wildman–Crippen LogP) is 3.70. The van der Waals surface area contributed by atoms with E-state index in [1.165, 1.54) is 0 Å². The second-order valence-corrected chi connectivity index (χ2v) is 6.88. The minimum Gasteiger partial charge on any atom is -0.490 e. The largest absolute Gasteiger partial charge is 0.490 e. The van der Waals surface area contributed by atoms with Gasteiger partial charge >= 0.3 is 0 Å². The number of rotatable bonds is 3. The van der Waals surface area contributed by atoms with Gasteiger partial charge < -0.3 is 5.64 Å². The average Bonchev–Trinajstić information content (AvgIpc) is 2.81. The van der Waals surface area contributed by atoms with E-state index < -0.39 is 110 Å². The van der Waals surface area contributed by atoms with Gasteiger partial charge in [-0.25, -0.2) is 65.9 Å². The van der Waals surface area contributed by atoms with Gasteiger partial charge in [0.05, 0.1) is 0 Å². The van der Waals surface area contributed by atoms with Crippen LogP contribution in [0, 0.1) is 87.3 Å². The summed E-state index contributed by atoms with van der Waals surface area (Å²) in [6.45, 7) is 0. The van der Waals surface area contributed by atoms with E-state index in [1.54, 1.807) is 0 Å². The summed E-state index contributed by atoms with van der Waals surface area (Å²) in [5.74, 6) is -46.5. The number of halogens is 15. The van der Waals surface area contributed by atoms with Gasteiger partial charge in [0.1, 0.15) is 34.9 Å². The highest BCUT2D eigenvalue weighted by Crippen LogP contribution is 2.25.